The maximum absolute atomic E-state index is 3.15. The summed E-state index contributed by atoms with van der Waals surface area (Å²) in [5.74, 6) is 0. The lowest BCUT2D eigenvalue weighted by Crippen LogP contribution is -2.75. The topological polar surface area (TPSA) is 11.4 Å². The van der Waals surface area contributed by atoms with Gasteiger partial charge in [-0.2, -0.15) is 0 Å². The molecular formula is C98H80BN3Si2. The normalized spacial score (nSPS) is 12.8. The average Bonchev–Trinajstić information content (AvgIpc) is 0.840. The van der Waals surface area contributed by atoms with Crippen LogP contribution in [0.5, 0.6) is 0 Å². The van der Waals surface area contributed by atoms with Gasteiger partial charge in [0.25, 0.3) is 6.71 Å². The molecule has 3 heterocycles. The molecule has 0 unspecified atom stereocenters. The number of hydrogen-bond donors (Lipinski definition) is 0. The molecule has 0 spiro atoms. The second-order valence-electron chi connectivity index (χ2n) is 30.3. The van der Waals surface area contributed by atoms with Crippen LogP contribution in [0.15, 0.2) is 376 Å². The Balaban J connectivity index is 0.996. The Bertz CT molecular complexity index is 5590. The Hall–Kier alpha value is -11.8. The minimum atomic E-state index is -3.15. The first-order chi connectivity index (χ1) is 50.9. The molecule has 2 aliphatic rings. The summed E-state index contributed by atoms with van der Waals surface area (Å²) in [6.07, 6.45) is 0. The number of aromatic nitrogens is 1. The third kappa shape index (κ3) is 10.5. The van der Waals surface area contributed by atoms with Crippen LogP contribution in [0.2, 0.25) is 0 Å². The molecule has 104 heavy (non-hydrogen) atoms. The van der Waals surface area contributed by atoms with E-state index in [4.69, 9.17) is 0 Å². The number of anilines is 6. The van der Waals surface area contributed by atoms with Gasteiger partial charge in [-0.15, -0.1) is 0 Å². The molecule has 3 nitrogen and oxygen atoms in total. The van der Waals surface area contributed by atoms with E-state index in [9.17, 15) is 0 Å². The summed E-state index contributed by atoms with van der Waals surface area (Å²) < 4.78 is 2.59. The van der Waals surface area contributed by atoms with E-state index < -0.39 is 16.1 Å². The molecular weight excluding hydrogens is 1290 g/mol. The summed E-state index contributed by atoms with van der Waals surface area (Å²) in [5.41, 5.74) is 21.2. The Morgan fingerprint density at radius 3 is 1.09 bits per heavy atom. The summed E-state index contributed by atoms with van der Waals surface area (Å²) in [6.45, 7) is 13.8. The number of nitrogens with zero attached hydrogens (tertiary/aromatic N) is 3. The van der Waals surface area contributed by atoms with Crippen LogP contribution in [-0.4, -0.2) is 27.4 Å². The number of hydrogen-bond acceptors (Lipinski definition) is 2. The SMILES string of the molecule is CC(C)(C)c1ccc2c(c1)c1cc(C(C)(C)C)ccc1n2-c1cc2c3c(c1)N(c1cccc(-c4ccccc4)c1)c1cccc(-c4ccccc4)c1B3c1cc([Si](c3ccccc3)(c3ccccc3)c3ccccc3)ccc1N2c1ccc([Si](c2ccccc2)(c2ccccc2)c2ccccc2)cc1. The minimum Gasteiger partial charge on any atom is -0.311 e. The van der Waals surface area contributed by atoms with E-state index in [0.717, 1.165) is 45.4 Å². The van der Waals surface area contributed by atoms with Gasteiger partial charge in [0.15, 0.2) is 16.1 Å². The van der Waals surface area contributed by atoms with Gasteiger partial charge in [0, 0.05) is 44.9 Å². The molecule has 16 aromatic rings. The number of benzene rings is 15. The molecule has 0 amide bonds. The van der Waals surface area contributed by atoms with Gasteiger partial charge in [-0.25, -0.2) is 0 Å². The van der Waals surface area contributed by atoms with E-state index in [2.05, 4.69) is 432 Å². The minimum absolute atomic E-state index is 0.0732. The summed E-state index contributed by atoms with van der Waals surface area (Å²) in [5, 5.41) is 13.2. The summed E-state index contributed by atoms with van der Waals surface area (Å²) in [4.78, 5) is 5.29. The molecule has 6 heteroatoms. The molecule has 0 aliphatic carbocycles. The van der Waals surface area contributed by atoms with Crippen LogP contribution in [-0.2, 0) is 10.8 Å². The first-order valence-electron chi connectivity index (χ1n) is 36.7. The van der Waals surface area contributed by atoms with E-state index in [-0.39, 0.29) is 17.5 Å². The highest BCUT2D eigenvalue weighted by atomic mass is 28.3. The van der Waals surface area contributed by atoms with E-state index in [0.29, 0.717) is 0 Å². The van der Waals surface area contributed by atoms with Crippen molar-refractivity contribution >= 4 is 137 Å². The molecule has 0 radical (unpaired) electrons. The highest BCUT2D eigenvalue weighted by molar-refractivity contribution is 7.20. The Morgan fingerprint density at radius 2 is 0.635 bits per heavy atom. The zero-order valence-electron chi connectivity index (χ0n) is 59.7. The maximum atomic E-state index is 2.68. The van der Waals surface area contributed by atoms with Crippen molar-refractivity contribution < 1.29 is 0 Å². The van der Waals surface area contributed by atoms with Crippen molar-refractivity contribution in [1.29, 1.82) is 0 Å². The second kappa shape index (κ2) is 25.6. The number of rotatable bonds is 13. The van der Waals surface area contributed by atoms with Crippen LogP contribution in [0.3, 0.4) is 0 Å². The molecule has 498 valence electrons. The largest absolute Gasteiger partial charge is 0.311 e. The van der Waals surface area contributed by atoms with Gasteiger partial charge in [0.1, 0.15) is 0 Å². The van der Waals surface area contributed by atoms with Crippen LogP contribution < -0.4 is 67.7 Å². The van der Waals surface area contributed by atoms with Crippen molar-refractivity contribution in [2.24, 2.45) is 0 Å². The zero-order chi connectivity index (χ0) is 70.3. The predicted molar refractivity (Wildman–Crippen MR) is 450 cm³/mol. The quantitative estimate of drug-likeness (QED) is 0.0842. The Labute approximate surface area is 614 Å². The fraction of sp³-hybridized carbons (Fsp3) is 0.0816. The smallest absolute Gasteiger partial charge is 0.252 e. The lowest BCUT2D eigenvalue weighted by atomic mass is 9.32. The van der Waals surface area contributed by atoms with Crippen molar-refractivity contribution in [2.45, 2.75) is 52.4 Å². The lowest BCUT2D eigenvalue weighted by molar-refractivity contribution is 0.590. The van der Waals surface area contributed by atoms with Gasteiger partial charge in [0.05, 0.1) is 16.7 Å². The molecule has 0 saturated heterocycles. The average molecular weight is 1370 g/mol. The van der Waals surface area contributed by atoms with Crippen molar-refractivity contribution in [3.63, 3.8) is 0 Å². The van der Waals surface area contributed by atoms with Gasteiger partial charge >= 0.3 is 0 Å². The van der Waals surface area contributed by atoms with E-state index in [1.807, 2.05) is 0 Å². The standard InChI is InChI=1S/C98H80BN3Si2/c1-97(2,3)72-53-60-89-86(64-72)87-65-73(98(4,5)6)54-61-90(87)102(89)76-66-93-96-94(67-76)101(75-38-31-37-71(63-75)69-33-15-7-16-34-69)92-52-32-51-85(70-35-17-8-18-36-70)95(92)99(96)88-68-84(104(80-45-25-12-26-46-80,81-47-27-13-28-48-81)82-49-29-14-30-50-82)59-62-91(88)100(93)74-55-57-83(58-56-74)103(77-39-19-9-20-40-77,78-41-21-10-22-42-78)79-43-23-11-24-44-79/h7-68H,1-6H3. The van der Waals surface area contributed by atoms with E-state index in [1.165, 1.54) is 108 Å². The fourth-order valence-corrected chi connectivity index (χ4v) is 27.0. The molecule has 0 bridgehead atoms. The first kappa shape index (κ1) is 64.3. The molecule has 2 aliphatic heterocycles. The van der Waals surface area contributed by atoms with Crippen LogP contribution in [0, 0.1) is 0 Å². The van der Waals surface area contributed by atoms with E-state index in [1.54, 1.807) is 0 Å². The third-order valence-corrected chi connectivity index (χ3v) is 31.9. The lowest BCUT2D eigenvalue weighted by Gasteiger charge is -2.46. The Kier molecular flexibility index (Phi) is 15.8. The van der Waals surface area contributed by atoms with Crippen molar-refractivity contribution in [2.75, 3.05) is 9.80 Å². The summed E-state index contributed by atoms with van der Waals surface area (Å²) in [6, 6.07) is 144. The van der Waals surface area contributed by atoms with Crippen LogP contribution in [0.25, 0.3) is 49.7 Å². The second-order valence-corrected chi connectivity index (χ2v) is 38.0. The van der Waals surface area contributed by atoms with Gasteiger partial charge in [-0.05, 0) is 175 Å². The van der Waals surface area contributed by atoms with Crippen LogP contribution >= 0.6 is 0 Å². The fourth-order valence-electron chi connectivity index (χ4n) is 17.5. The molecule has 1 aromatic heterocycles. The predicted octanol–water partition coefficient (Wildman–Crippen LogP) is 17.6. The number of fused-ring (bicyclic) bond motifs is 7. The molecule has 0 atom stereocenters. The molecule has 0 fully saturated rings. The van der Waals surface area contributed by atoms with Crippen LogP contribution in [0.1, 0.15) is 52.7 Å². The van der Waals surface area contributed by atoms with Crippen molar-refractivity contribution in [1.82, 2.24) is 4.57 Å². The van der Waals surface area contributed by atoms with Crippen molar-refractivity contribution in [3.05, 3.63) is 387 Å². The Morgan fingerprint density at radius 1 is 0.250 bits per heavy atom. The summed E-state index contributed by atoms with van der Waals surface area (Å²) >= 11 is 0. The molecule has 18 rings (SSSR count). The van der Waals surface area contributed by atoms with Gasteiger partial charge in [-0.1, -0.05) is 345 Å². The monoisotopic (exact) mass is 1370 g/mol. The highest BCUT2D eigenvalue weighted by Crippen LogP contribution is 2.48. The van der Waals surface area contributed by atoms with Gasteiger partial charge in [0.2, 0.25) is 0 Å². The van der Waals surface area contributed by atoms with Crippen molar-refractivity contribution in [3.8, 4) is 27.9 Å². The molecule has 15 aromatic carbocycles. The van der Waals surface area contributed by atoms with Gasteiger partial charge in [-0.3, -0.25) is 0 Å². The highest BCUT2D eigenvalue weighted by Gasteiger charge is 2.49. The molecule has 0 saturated carbocycles. The zero-order valence-corrected chi connectivity index (χ0v) is 61.7. The van der Waals surface area contributed by atoms with Gasteiger partial charge < -0.3 is 14.4 Å². The maximum Gasteiger partial charge on any atom is 0.252 e. The van der Waals surface area contributed by atoms with E-state index >= 15 is 0 Å². The first-order valence-corrected chi connectivity index (χ1v) is 40.7. The summed E-state index contributed by atoms with van der Waals surface area (Å²) in [7, 11) is -6.11. The third-order valence-electron chi connectivity index (χ3n) is 22.4. The molecule has 0 N–H and O–H groups in total. The van der Waals surface area contributed by atoms with Crippen LogP contribution in [0.4, 0.5) is 34.1 Å².